The van der Waals surface area contributed by atoms with Crippen LogP contribution in [0.1, 0.15) is 31.0 Å². The minimum Gasteiger partial charge on any atom is -0.504 e. The molecule has 2 aromatic carbocycles. The Bertz CT molecular complexity index is 1120. The van der Waals surface area contributed by atoms with Gasteiger partial charge in [0.2, 0.25) is 0 Å². The van der Waals surface area contributed by atoms with Crippen LogP contribution in [0.2, 0.25) is 0 Å². The van der Waals surface area contributed by atoms with Gasteiger partial charge in [-0.1, -0.05) is 38.1 Å². The second kappa shape index (κ2) is 6.64. The lowest BCUT2D eigenvalue weighted by molar-refractivity contribution is 0.403. The largest absolute Gasteiger partial charge is 0.504 e. The fourth-order valence-electron chi connectivity index (χ4n) is 3.49. The van der Waals surface area contributed by atoms with Crippen LogP contribution in [0.25, 0.3) is 22.2 Å². The molecule has 0 aliphatic carbocycles. The summed E-state index contributed by atoms with van der Waals surface area (Å²) in [5.74, 6) is -0.278. The van der Waals surface area contributed by atoms with E-state index in [1.807, 2.05) is 44.3 Å². The van der Waals surface area contributed by atoms with Gasteiger partial charge in [0.05, 0.1) is 12.2 Å². The fourth-order valence-corrected chi connectivity index (χ4v) is 3.49. The van der Waals surface area contributed by atoms with Gasteiger partial charge in [-0.3, -0.25) is 0 Å². The number of para-hydroxylation sites is 1. The minimum absolute atomic E-state index is 0.136. The summed E-state index contributed by atoms with van der Waals surface area (Å²) in [6.45, 7) is 4.00. The van der Waals surface area contributed by atoms with Crippen molar-refractivity contribution in [3.8, 4) is 22.6 Å². The average molecular weight is 360 g/mol. The lowest BCUT2D eigenvalue weighted by Gasteiger charge is -2.20. The highest BCUT2D eigenvalue weighted by molar-refractivity contribution is 6.00. The predicted molar refractivity (Wildman–Crippen MR) is 106 cm³/mol. The van der Waals surface area contributed by atoms with Crippen molar-refractivity contribution in [1.82, 2.24) is 15.2 Å². The molecule has 1 aliphatic heterocycles. The second-order valence-corrected chi connectivity index (χ2v) is 6.10. The van der Waals surface area contributed by atoms with Crippen LogP contribution in [0.15, 0.2) is 54.9 Å². The van der Waals surface area contributed by atoms with Gasteiger partial charge in [0.25, 0.3) is 0 Å². The molecule has 4 N–H and O–H groups in total. The number of aromatic hydroxyl groups is 2. The molecule has 0 saturated carbocycles. The maximum Gasteiger partial charge on any atom is 0.160 e. The van der Waals surface area contributed by atoms with E-state index in [-0.39, 0.29) is 17.5 Å². The summed E-state index contributed by atoms with van der Waals surface area (Å²) < 4.78 is 0. The average Bonchev–Trinajstić information content (AvgIpc) is 3.08. The highest BCUT2D eigenvalue weighted by Gasteiger charge is 2.26. The van der Waals surface area contributed by atoms with Crippen molar-refractivity contribution < 1.29 is 10.2 Å². The van der Waals surface area contributed by atoms with Gasteiger partial charge < -0.3 is 20.5 Å². The van der Waals surface area contributed by atoms with Gasteiger partial charge in [-0.05, 0) is 23.8 Å². The second-order valence-electron chi connectivity index (χ2n) is 6.10. The van der Waals surface area contributed by atoms with Crippen molar-refractivity contribution in [2.45, 2.75) is 19.9 Å². The number of nitrogens with zero attached hydrogens (tertiary/aromatic N) is 2. The van der Waals surface area contributed by atoms with Crippen molar-refractivity contribution >= 4 is 16.7 Å². The van der Waals surface area contributed by atoms with Crippen LogP contribution in [0.4, 0.5) is 5.69 Å². The van der Waals surface area contributed by atoms with E-state index in [9.17, 15) is 10.2 Å². The van der Waals surface area contributed by atoms with E-state index in [4.69, 9.17) is 0 Å². The van der Waals surface area contributed by atoms with E-state index in [1.54, 1.807) is 18.3 Å². The van der Waals surface area contributed by atoms with Crippen molar-refractivity contribution in [3.63, 3.8) is 0 Å². The van der Waals surface area contributed by atoms with E-state index in [0.717, 1.165) is 39.0 Å². The van der Waals surface area contributed by atoms with E-state index in [1.165, 1.54) is 6.07 Å². The Balaban J connectivity index is 0.000000872. The first-order valence-corrected chi connectivity index (χ1v) is 8.93. The molecule has 4 aromatic rings. The molecule has 1 unspecified atom stereocenters. The molecule has 6 heteroatoms. The summed E-state index contributed by atoms with van der Waals surface area (Å²) in [4.78, 5) is 3.18. The van der Waals surface area contributed by atoms with Gasteiger partial charge in [-0.2, -0.15) is 5.10 Å². The Morgan fingerprint density at radius 2 is 1.78 bits per heavy atom. The van der Waals surface area contributed by atoms with Gasteiger partial charge in [-0.15, -0.1) is 5.10 Å². The summed E-state index contributed by atoms with van der Waals surface area (Å²) in [6, 6.07) is 12.7. The number of benzene rings is 2. The van der Waals surface area contributed by atoms with Crippen LogP contribution in [0, 0.1) is 0 Å². The highest BCUT2D eigenvalue weighted by Crippen LogP contribution is 2.43. The number of H-pyrrole nitrogens is 1. The summed E-state index contributed by atoms with van der Waals surface area (Å²) in [7, 11) is 0. The van der Waals surface area contributed by atoms with Crippen molar-refractivity contribution in [1.29, 1.82) is 0 Å². The summed E-state index contributed by atoms with van der Waals surface area (Å²) in [5, 5.41) is 32.4. The van der Waals surface area contributed by atoms with E-state index >= 15 is 0 Å². The molecule has 3 heterocycles. The predicted octanol–water partition coefficient (Wildman–Crippen LogP) is 4.58. The molecule has 0 bridgehead atoms. The molecule has 0 fully saturated rings. The van der Waals surface area contributed by atoms with E-state index in [0.29, 0.717) is 0 Å². The number of nitrogens with one attached hydrogen (secondary N) is 2. The molecule has 5 rings (SSSR count). The number of phenolic OH excluding ortho intramolecular Hbond substituents is 2. The molecule has 1 aliphatic rings. The van der Waals surface area contributed by atoms with Gasteiger partial charge in [0.1, 0.15) is 0 Å². The minimum atomic E-state index is -0.202. The number of hydrogen-bond donors (Lipinski definition) is 4. The zero-order valence-electron chi connectivity index (χ0n) is 15.1. The van der Waals surface area contributed by atoms with E-state index < -0.39 is 0 Å². The molecule has 136 valence electrons. The van der Waals surface area contributed by atoms with Gasteiger partial charge in [0.15, 0.2) is 17.1 Å². The Morgan fingerprint density at radius 1 is 0.963 bits per heavy atom. The summed E-state index contributed by atoms with van der Waals surface area (Å²) in [6.07, 6.45) is 3.69. The first kappa shape index (κ1) is 16.9. The SMILES string of the molecule is CC.Oc1ccc(C2Nc3ccccc3-c3cnnc4[nH]cc2c34)cc1O. The highest BCUT2D eigenvalue weighted by atomic mass is 16.3. The number of rotatable bonds is 1. The molecular formula is C21H20N4O2. The maximum atomic E-state index is 9.93. The van der Waals surface area contributed by atoms with Crippen molar-refractivity contribution in [3.05, 3.63) is 66.0 Å². The number of aromatic nitrogens is 3. The maximum absolute atomic E-state index is 9.93. The van der Waals surface area contributed by atoms with Gasteiger partial charge in [0, 0.05) is 34.0 Å². The topological polar surface area (TPSA) is 94.1 Å². The molecule has 1 atom stereocenters. The molecule has 2 aromatic heterocycles. The number of fused-ring (bicyclic) bond motifs is 2. The quantitative estimate of drug-likeness (QED) is 0.373. The molecule has 6 nitrogen and oxygen atoms in total. The van der Waals surface area contributed by atoms with E-state index in [2.05, 4.69) is 20.5 Å². The Morgan fingerprint density at radius 3 is 2.59 bits per heavy atom. The Labute approximate surface area is 156 Å². The van der Waals surface area contributed by atoms with Gasteiger partial charge in [-0.25, -0.2) is 0 Å². The molecule has 0 amide bonds. The summed E-state index contributed by atoms with van der Waals surface area (Å²) >= 11 is 0. The van der Waals surface area contributed by atoms with Crippen LogP contribution in [0.5, 0.6) is 11.5 Å². The number of aromatic amines is 1. The number of anilines is 1. The smallest absolute Gasteiger partial charge is 0.160 e. The standard InChI is InChI=1S/C19H14N4O2.C2H6/c24-15-6-5-10(7-16(15)25)18-13-8-20-19-17(13)12(9-21-23-19)11-3-1-2-4-14(11)22-18;1-2/h1-9,18,22,24-25H,(H,20,23);1-2H3. The third kappa shape index (κ3) is 2.66. The fraction of sp³-hybridized carbons (Fsp3) is 0.143. The lowest BCUT2D eigenvalue weighted by atomic mass is 9.97. The number of hydrogen-bond acceptors (Lipinski definition) is 5. The van der Waals surface area contributed by atoms with Gasteiger partial charge >= 0.3 is 0 Å². The molecular weight excluding hydrogens is 340 g/mol. The monoisotopic (exact) mass is 360 g/mol. The molecule has 0 spiro atoms. The zero-order chi connectivity index (χ0) is 19.0. The Hall–Kier alpha value is -3.54. The first-order valence-electron chi connectivity index (χ1n) is 8.93. The summed E-state index contributed by atoms with van der Waals surface area (Å²) in [5.41, 5.74) is 5.62. The number of phenols is 2. The first-order chi connectivity index (χ1) is 13.2. The third-order valence-corrected chi connectivity index (χ3v) is 4.66. The lowest BCUT2D eigenvalue weighted by Crippen LogP contribution is -2.11. The zero-order valence-corrected chi connectivity index (χ0v) is 15.1. The molecule has 27 heavy (non-hydrogen) atoms. The van der Waals surface area contributed by atoms with Crippen LogP contribution in [-0.2, 0) is 0 Å². The van der Waals surface area contributed by atoms with Crippen molar-refractivity contribution in [2.75, 3.05) is 5.32 Å². The molecule has 0 saturated heterocycles. The van der Waals surface area contributed by atoms with Crippen LogP contribution >= 0.6 is 0 Å². The normalized spacial score (nSPS) is 14.5. The van der Waals surface area contributed by atoms with Crippen LogP contribution in [0.3, 0.4) is 0 Å². The molecule has 0 radical (unpaired) electrons. The van der Waals surface area contributed by atoms with Crippen LogP contribution in [-0.4, -0.2) is 25.4 Å². The Kier molecular flexibility index (Phi) is 4.16. The third-order valence-electron chi connectivity index (χ3n) is 4.66. The van der Waals surface area contributed by atoms with Crippen LogP contribution < -0.4 is 5.32 Å². The van der Waals surface area contributed by atoms with Crippen molar-refractivity contribution in [2.24, 2.45) is 0 Å².